The third-order valence-electron chi connectivity index (χ3n) is 2.88. The Kier molecular flexibility index (Phi) is 3.41. The quantitative estimate of drug-likeness (QED) is 0.812. The number of nitrogens with one attached hydrogen (secondary N) is 1. The molecule has 0 radical (unpaired) electrons. The summed E-state index contributed by atoms with van der Waals surface area (Å²) in [5.41, 5.74) is 1.63. The first-order valence-electron chi connectivity index (χ1n) is 5.76. The van der Waals surface area contributed by atoms with E-state index in [0.29, 0.717) is 5.69 Å². The fraction of sp³-hybridized carbons (Fsp3) is 0.308. The van der Waals surface area contributed by atoms with Gasteiger partial charge < -0.3 is 5.32 Å². The number of anilines is 1. The summed E-state index contributed by atoms with van der Waals surface area (Å²) in [6.45, 7) is 1.67. The Morgan fingerprint density at radius 3 is 2.44 bits per heavy atom. The zero-order valence-corrected chi connectivity index (χ0v) is 10.1. The molecule has 1 saturated heterocycles. The van der Waals surface area contributed by atoms with E-state index in [2.05, 4.69) is 5.32 Å². The number of benzene rings is 1. The predicted octanol–water partition coefficient (Wildman–Crippen LogP) is 1.08. The molecule has 3 amide bonds. The van der Waals surface area contributed by atoms with Gasteiger partial charge in [-0.3, -0.25) is 19.3 Å². The van der Waals surface area contributed by atoms with Gasteiger partial charge in [0.25, 0.3) is 0 Å². The van der Waals surface area contributed by atoms with Crippen molar-refractivity contribution in [1.29, 1.82) is 0 Å². The summed E-state index contributed by atoms with van der Waals surface area (Å²) in [6.07, 6.45) is 0.410. The second-order valence-electron chi connectivity index (χ2n) is 4.24. The molecule has 5 nitrogen and oxygen atoms in total. The van der Waals surface area contributed by atoms with E-state index >= 15 is 0 Å². The average Bonchev–Trinajstić information content (AvgIpc) is 2.64. The van der Waals surface area contributed by atoms with Crippen LogP contribution in [-0.4, -0.2) is 29.2 Å². The summed E-state index contributed by atoms with van der Waals surface area (Å²) < 4.78 is 0. The highest BCUT2D eigenvalue weighted by Gasteiger charge is 2.30. The maximum absolute atomic E-state index is 11.8. The molecular weight excluding hydrogens is 232 g/mol. The fourth-order valence-electron chi connectivity index (χ4n) is 1.85. The summed E-state index contributed by atoms with van der Waals surface area (Å²) in [4.78, 5) is 35.5. The van der Waals surface area contributed by atoms with Crippen molar-refractivity contribution in [3.63, 3.8) is 0 Å². The number of imide groups is 1. The van der Waals surface area contributed by atoms with E-state index in [-0.39, 0.29) is 37.1 Å². The van der Waals surface area contributed by atoms with Crippen molar-refractivity contribution in [2.75, 3.05) is 11.9 Å². The third kappa shape index (κ3) is 2.56. The van der Waals surface area contributed by atoms with Crippen LogP contribution in [0.15, 0.2) is 24.3 Å². The van der Waals surface area contributed by atoms with Crippen LogP contribution >= 0.6 is 0 Å². The number of hydrogen-bond donors (Lipinski definition) is 1. The van der Waals surface area contributed by atoms with Gasteiger partial charge in [-0.15, -0.1) is 0 Å². The smallest absolute Gasteiger partial charge is 0.244 e. The summed E-state index contributed by atoms with van der Waals surface area (Å²) >= 11 is 0. The van der Waals surface area contributed by atoms with Crippen LogP contribution in [0.2, 0.25) is 0 Å². The minimum Gasteiger partial charge on any atom is -0.324 e. The Balaban J connectivity index is 1.99. The van der Waals surface area contributed by atoms with Gasteiger partial charge in [0.1, 0.15) is 6.54 Å². The lowest BCUT2D eigenvalue weighted by Gasteiger charge is -2.14. The topological polar surface area (TPSA) is 66.5 Å². The molecule has 5 heteroatoms. The van der Waals surface area contributed by atoms with E-state index in [9.17, 15) is 14.4 Å². The Morgan fingerprint density at radius 1 is 1.22 bits per heavy atom. The molecular formula is C13H14N2O3. The van der Waals surface area contributed by atoms with Crippen LogP contribution in [-0.2, 0) is 14.4 Å². The maximum Gasteiger partial charge on any atom is 0.244 e. The average molecular weight is 246 g/mol. The van der Waals surface area contributed by atoms with Crippen LogP contribution in [0.1, 0.15) is 18.4 Å². The van der Waals surface area contributed by atoms with Crippen LogP contribution in [0.5, 0.6) is 0 Å². The highest BCUT2D eigenvalue weighted by molar-refractivity contribution is 6.06. The minimum absolute atomic E-state index is 0.202. The van der Waals surface area contributed by atoms with Gasteiger partial charge >= 0.3 is 0 Å². The Bertz CT molecular complexity index is 495. The highest BCUT2D eigenvalue weighted by atomic mass is 16.2. The molecule has 0 saturated carbocycles. The largest absolute Gasteiger partial charge is 0.324 e. The number of likely N-dealkylation sites (tertiary alicyclic amines) is 1. The van der Waals surface area contributed by atoms with Crippen LogP contribution in [0.4, 0.5) is 5.69 Å². The molecule has 0 aromatic heterocycles. The molecule has 18 heavy (non-hydrogen) atoms. The minimum atomic E-state index is -0.354. The SMILES string of the molecule is Cc1ccccc1NC(=O)CN1C(=O)CCC1=O. The van der Waals surface area contributed by atoms with E-state index in [0.717, 1.165) is 10.5 Å². The van der Waals surface area contributed by atoms with Gasteiger partial charge in [0.05, 0.1) is 0 Å². The molecule has 1 aromatic rings. The molecule has 1 heterocycles. The molecule has 1 fully saturated rings. The van der Waals surface area contributed by atoms with Crippen molar-refractivity contribution < 1.29 is 14.4 Å². The normalized spacial score (nSPS) is 15.1. The second-order valence-corrected chi connectivity index (χ2v) is 4.24. The van der Waals surface area contributed by atoms with Crippen molar-refractivity contribution in [1.82, 2.24) is 4.90 Å². The van der Waals surface area contributed by atoms with Crippen molar-refractivity contribution >= 4 is 23.4 Å². The molecule has 2 rings (SSSR count). The van der Waals surface area contributed by atoms with Crippen molar-refractivity contribution in [2.45, 2.75) is 19.8 Å². The molecule has 1 N–H and O–H groups in total. The molecule has 1 aromatic carbocycles. The standard InChI is InChI=1S/C13H14N2O3/c1-9-4-2-3-5-10(9)14-11(16)8-15-12(17)6-7-13(15)18/h2-5H,6-8H2,1H3,(H,14,16). The second kappa shape index (κ2) is 5.00. The third-order valence-corrected chi connectivity index (χ3v) is 2.88. The summed E-state index contributed by atoms with van der Waals surface area (Å²) in [5.74, 6) is -0.909. The van der Waals surface area contributed by atoms with Gasteiger partial charge in [-0.1, -0.05) is 18.2 Å². The summed E-state index contributed by atoms with van der Waals surface area (Å²) in [6, 6.07) is 7.34. The number of aryl methyl sites for hydroxylation is 1. The molecule has 0 aliphatic carbocycles. The molecule has 0 atom stereocenters. The first-order chi connectivity index (χ1) is 8.58. The molecule has 0 spiro atoms. The summed E-state index contributed by atoms with van der Waals surface area (Å²) in [5, 5.41) is 2.69. The first kappa shape index (κ1) is 12.3. The van der Waals surface area contributed by atoms with E-state index in [1.54, 1.807) is 6.07 Å². The zero-order chi connectivity index (χ0) is 13.1. The first-order valence-corrected chi connectivity index (χ1v) is 5.76. The molecule has 1 aliphatic heterocycles. The lowest BCUT2D eigenvalue weighted by Crippen LogP contribution is -2.36. The number of rotatable bonds is 3. The van der Waals surface area contributed by atoms with Gasteiger partial charge in [-0.05, 0) is 18.6 Å². The van der Waals surface area contributed by atoms with Gasteiger partial charge in [0.2, 0.25) is 17.7 Å². The maximum atomic E-state index is 11.8. The number of nitrogens with zero attached hydrogens (tertiary/aromatic N) is 1. The van der Waals surface area contributed by atoms with Gasteiger partial charge in [-0.25, -0.2) is 0 Å². The molecule has 0 bridgehead atoms. The molecule has 0 unspecified atom stereocenters. The van der Waals surface area contributed by atoms with Crippen LogP contribution < -0.4 is 5.32 Å². The number of carbonyl (C=O) groups excluding carboxylic acids is 3. The van der Waals surface area contributed by atoms with Crippen LogP contribution in [0, 0.1) is 6.92 Å². The highest BCUT2D eigenvalue weighted by Crippen LogP contribution is 2.14. The molecule has 94 valence electrons. The van der Waals surface area contributed by atoms with Gasteiger partial charge in [-0.2, -0.15) is 0 Å². The molecule has 1 aliphatic rings. The number of para-hydroxylation sites is 1. The van der Waals surface area contributed by atoms with Gasteiger partial charge in [0.15, 0.2) is 0 Å². The van der Waals surface area contributed by atoms with E-state index in [1.807, 2.05) is 25.1 Å². The van der Waals surface area contributed by atoms with Crippen molar-refractivity contribution in [3.05, 3.63) is 29.8 Å². The predicted molar refractivity (Wildman–Crippen MR) is 65.8 cm³/mol. The van der Waals surface area contributed by atoms with Crippen molar-refractivity contribution in [3.8, 4) is 0 Å². The van der Waals surface area contributed by atoms with Gasteiger partial charge in [0, 0.05) is 18.5 Å². The lowest BCUT2D eigenvalue weighted by atomic mass is 10.2. The lowest BCUT2D eigenvalue weighted by molar-refractivity contribution is -0.141. The zero-order valence-electron chi connectivity index (χ0n) is 10.1. The Labute approximate surface area is 105 Å². The van der Waals surface area contributed by atoms with Crippen molar-refractivity contribution in [2.24, 2.45) is 0 Å². The van der Waals surface area contributed by atoms with Crippen LogP contribution in [0.25, 0.3) is 0 Å². The fourth-order valence-corrected chi connectivity index (χ4v) is 1.85. The number of hydrogen-bond acceptors (Lipinski definition) is 3. The number of carbonyl (C=O) groups is 3. The Morgan fingerprint density at radius 2 is 1.83 bits per heavy atom. The van der Waals surface area contributed by atoms with E-state index in [1.165, 1.54) is 0 Å². The number of amides is 3. The monoisotopic (exact) mass is 246 g/mol. The summed E-state index contributed by atoms with van der Waals surface area (Å²) in [7, 11) is 0. The van der Waals surface area contributed by atoms with E-state index in [4.69, 9.17) is 0 Å². The van der Waals surface area contributed by atoms with Crippen LogP contribution in [0.3, 0.4) is 0 Å². The Hall–Kier alpha value is -2.17. The van der Waals surface area contributed by atoms with E-state index < -0.39 is 0 Å².